The van der Waals surface area contributed by atoms with Crippen LogP contribution in [0.5, 0.6) is 0 Å². The summed E-state index contributed by atoms with van der Waals surface area (Å²) >= 11 is 0. The van der Waals surface area contributed by atoms with E-state index in [1.165, 1.54) is 12.8 Å². The quantitative estimate of drug-likeness (QED) is 0.766. The molecule has 3 heteroatoms. The van der Waals surface area contributed by atoms with Gasteiger partial charge in [0.1, 0.15) is 0 Å². The molecule has 1 fully saturated rings. The van der Waals surface area contributed by atoms with E-state index in [1.807, 2.05) is 0 Å². The van der Waals surface area contributed by atoms with Crippen molar-refractivity contribution in [3.8, 4) is 0 Å². The maximum Gasteiger partial charge on any atom is 0.227 e. The van der Waals surface area contributed by atoms with Crippen molar-refractivity contribution in [3.63, 3.8) is 0 Å². The summed E-state index contributed by atoms with van der Waals surface area (Å²) in [7, 11) is 0. The Labute approximate surface area is 112 Å². The lowest BCUT2D eigenvalue weighted by Crippen LogP contribution is -2.49. The van der Waals surface area contributed by atoms with Crippen molar-refractivity contribution in [1.82, 2.24) is 5.32 Å². The van der Waals surface area contributed by atoms with Gasteiger partial charge in [0.05, 0.1) is 5.41 Å². The molecule has 2 atom stereocenters. The van der Waals surface area contributed by atoms with Gasteiger partial charge in [-0.05, 0) is 32.1 Å². The lowest BCUT2D eigenvalue weighted by atomic mass is 9.73. The summed E-state index contributed by atoms with van der Waals surface area (Å²) in [6.45, 7) is 7.04. The normalized spacial score (nSPS) is 22.2. The smallest absolute Gasteiger partial charge is 0.227 e. The Hall–Kier alpha value is -0.570. The number of nitrogens with two attached hydrogens (primary N) is 1. The van der Waals surface area contributed by atoms with E-state index in [9.17, 15) is 4.79 Å². The minimum absolute atomic E-state index is 0.195. The highest BCUT2D eigenvalue weighted by atomic mass is 16.2. The zero-order valence-electron chi connectivity index (χ0n) is 12.3. The van der Waals surface area contributed by atoms with Crippen LogP contribution in [0.3, 0.4) is 0 Å². The predicted octanol–water partition coefficient (Wildman–Crippen LogP) is 2.84. The Kier molecular flexibility index (Phi) is 6.13. The Balaban J connectivity index is 2.51. The number of carbonyl (C=O) groups excluding carboxylic acids is 1. The number of nitrogens with one attached hydrogen (secondary N) is 1. The summed E-state index contributed by atoms with van der Waals surface area (Å²) in [4.78, 5) is 12.4. The van der Waals surface area contributed by atoms with Crippen LogP contribution in [0.15, 0.2) is 0 Å². The third kappa shape index (κ3) is 3.98. The van der Waals surface area contributed by atoms with Crippen molar-refractivity contribution in [2.45, 2.75) is 71.8 Å². The first-order chi connectivity index (χ1) is 8.54. The fourth-order valence-electron chi connectivity index (χ4n) is 2.96. The van der Waals surface area contributed by atoms with Gasteiger partial charge in [-0.25, -0.2) is 0 Å². The van der Waals surface area contributed by atoms with Crippen LogP contribution in [-0.4, -0.2) is 18.5 Å². The lowest BCUT2D eigenvalue weighted by molar-refractivity contribution is -0.133. The van der Waals surface area contributed by atoms with Gasteiger partial charge in [0.25, 0.3) is 0 Å². The van der Waals surface area contributed by atoms with Gasteiger partial charge in [-0.15, -0.1) is 0 Å². The van der Waals surface area contributed by atoms with Crippen LogP contribution in [-0.2, 0) is 4.79 Å². The van der Waals surface area contributed by atoms with Crippen LogP contribution < -0.4 is 11.1 Å². The van der Waals surface area contributed by atoms with Crippen molar-refractivity contribution in [1.29, 1.82) is 0 Å². The summed E-state index contributed by atoms with van der Waals surface area (Å²) in [6, 6.07) is 0.262. The maximum atomic E-state index is 12.4. The zero-order valence-corrected chi connectivity index (χ0v) is 12.3. The third-order valence-electron chi connectivity index (χ3n) is 4.51. The van der Waals surface area contributed by atoms with Gasteiger partial charge >= 0.3 is 0 Å². The number of rotatable bonds is 6. The van der Waals surface area contributed by atoms with Gasteiger partial charge in [0.2, 0.25) is 5.91 Å². The Morgan fingerprint density at radius 3 is 2.39 bits per heavy atom. The van der Waals surface area contributed by atoms with Gasteiger partial charge in [0.15, 0.2) is 0 Å². The Bertz CT molecular complexity index is 259. The molecule has 1 amide bonds. The second-order valence-electron chi connectivity index (χ2n) is 6.17. The van der Waals surface area contributed by atoms with E-state index < -0.39 is 0 Å². The van der Waals surface area contributed by atoms with E-state index >= 15 is 0 Å². The molecule has 106 valence electrons. The van der Waals surface area contributed by atoms with Crippen LogP contribution in [0.1, 0.15) is 65.7 Å². The van der Waals surface area contributed by atoms with Crippen LogP contribution in [0.25, 0.3) is 0 Å². The van der Waals surface area contributed by atoms with E-state index in [-0.39, 0.29) is 17.4 Å². The third-order valence-corrected chi connectivity index (χ3v) is 4.51. The molecular formula is C15H30N2O. The molecule has 2 unspecified atom stereocenters. The summed E-state index contributed by atoms with van der Waals surface area (Å²) in [5.41, 5.74) is 5.61. The molecule has 0 aromatic heterocycles. The van der Waals surface area contributed by atoms with Crippen LogP contribution >= 0.6 is 0 Å². The molecule has 0 spiro atoms. The molecule has 1 aliphatic carbocycles. The molecular weight excluding hydrogens is 224 g/mol. The Morgan fingerprint density at radius 1 is 1.28 bits per heavy atom. The highest BCUT2D eigenvalue weighted by Gasteiger charge is 2.38. The molecule has 0 radical (unpaired) electrons. The van der Waals surface area contributed by atoms with Gasteiger partial charge in [-0.1, -0.05) is 39.5 Å². The van der Waals surface area contributed by atoms with E-state index in [0.717, 1.165) is 32.1 Å². The second-order valence-corrected chi connectivity index (χ2v) is 6.17. The van der Waals surface area contributed by atoms with Crippen LogP contribution in [0.2, 0.25) is 0 Å². The molecule has 18 heavy (non-hydrogen) atoms. The molecule has 0 aromatic rings. The van der Waals surface area contributed by atoms with Crippen LogP contribution in [0, 0.1) is 11.3 Å². The summed E-state index contributed by atoms with van der Waals surface area (Å²) < 4.78 is 0. The van der Waals surface area contributed by atoms with Crippen molar-refractivity contribution < 1.29 is 4.79 Å². The number of hydrogen-bond donors (Lipinski definition) is 2. The molecule has 0 aromatic carbocycles. The summed E-state index contributed by atoms with van der Waals surface area (Å²) in [6.07, 6.45) is 7.69. The molecule has 0 aliphatic heterocycles. The van der Waals surface area contributed by atoms with E-state index in [1.54, 1.807) is 0 Å². The van der Waals surface area contributed by atoms with Crippen LogP contribution in [0.4, 0.5) is 0 Å². The minimum Gasteiger partial charge on any atom is -0.353 e. The largest absolute Gasteiger partial charge is 0.353 e. The first kappa shape index (κ1) is 15.5. The molecule has 1 aliphatic rings. The summed E-state index contributed by atoms with van der Waals surface area (Å²) in [5.74, 6) is 0.862. The predicted molar refractivity (Wildman–Crippen MR) is 76.2 cm³/mol. The Morgan fingerprint density at radius 2 is 1.89 bits per heavy atom. The molecule has 3 nitrogen and oxygen atoms in total. The average molecular weight is 254 g/mol. The second kappa shape index (κ2) is 7.13. The molecule has 0 heterocycles. The highest BCUT2D eigenvalue weighted by Crippen LogP contribution is 2.35. The highest BCUT2D eigenvalue weighted by molar-refractivity contribution is 5.83. The van der Waals surface area contributed by atoms with Gasteiger partial charge in [0, 0.05) is 12.6 Å². The number of hydrogen-bond acceptors (Lipinski definition) is 2. The molecule has 0 saturated heterocycles. The summed E-state index contributed by atoms with van der Waals surface area (Å²) in [5, 5.41) is 3.19. The SMILES string of the molecule is CCC(C)CC(C)NC(=O)C1(CN)CCCCC1. The topological polar surface area (TPSA) is 55.1 Å². The molecule has 1 rings (SSSR count). The van der Waals surface area contributed by atoms with E-state index in [2.05, 4.69) is 26.1 Å². The van der Waals surface area contributed by atoms with Crippen molar-refractivity contribution in [3.05, 3.63) is 0 Å². The van der Waals surface area contributed by atoms with Gasteiger partial charge < -0.3 is 11.1 Å². The van der Waals surface area contributed by atoms with E-state index in [4.69, 9.17) is 5.73 Å². The number of carbonyl (C=O) groups is 1. The number of amides is 1. The first-order valence-corrected chi connectivity index (χ1v) is 7.55. The fraction of sp³-hybridized carbons (Fsp3) is 0.933. The fourth-order valence-corrected chi connectivity index (χ4v) is 2.96. The lowest BCUT2D eigenvalue weighted by Gasteiger charge is -2.35. The van der Waals surface area contributed by atoms with Gasteiger partial charge in [-0.3, -0.25) is 4.79 Å². The minimum atomic E-state index is -0.276. The molecule has 1 saturated carbocycles. The van der Waals surface area contributed by atoms with Gasteiger partial charge in [-0.2, -0.15) is 0 Å². The zero-order chi connectivity index (χ0) is 13.6. The van der Waals surface area contributed by atoms with Crippen molar-refractivity contribution in [2.24, 2.45) is 17.1 Å². The first-order valence-electron chi connectivity index (χ1n) is 7.55. The molecule has 3 N–H and O–H groups in total. The average Bonchev–Trinajstić information content (AvgIpc) is 2.39. The van der Waals surface area contributed by atoms with E-state index in [0.29, 0.717) is 12.5 Å². The molecule has 0 bridgehead atoms. The van der Waals surface area contributed by atoms with Crippen molar-refractivity contribution >= 4 is 5.91 Å². The van der Waals surface area contributed by atoms with Crippen molar-refractivity contribution in [2.75, 3.05) is 6.54 Å². The maximum absolute atomic E-state index is 12.4. The monoisotopic (exact) mass is 254 g/mol. The standard InChI is InChI=1S/C15H30N2O/c1-4-12(2)10-13(3)17-14(18)15(11-16)8-6-5-7-9-15/h12-13H,4-11,16H2,1-3H3,(H,17,18).